The van der Waals surface area contributed by atoms with E-state index < -0.39 is 11.6 Å². The van der Waals surface area contributed by atoms with Gasteiger partial charge in [-0.1, -0.05) is 15.9 Å². The van der Waals surface area contributed by atoms with E-state index in [4.69, 9.17) is 11.6 Å². The summed E-state index contributed by atoms with van der Waals surface area (Å²) in [5.74, 6) is -1.13. The van der Waals surface area contributed by atoms with Gasteiger partial charge in [-0.25, -0.2) is 4.39 Å². The minimum atomic E-state index is -0.539. The van der Waals surface area contributed by atoms with Gasteiger partial charge in [0.25, 0.3) is 0 Å². The lowest BCUT2D eigenvalue weighted by Gasteiger charge is -2.03. The molecule has 0 spiro atoms. The third kappa shape index (κ3) is 2.29. The van der Waals surface area contributed by atoms with Gasteiger partial charge in [-0.3, -0.25) is 4.79 Å². The van der Waals surface area contributed by atoms with Gasteiger partial charge in [0.15, 0.2) is 5.78 Å². The maximum atomic E-state index is 13.2. The fraction of sp³-hybridized carbons (Fsp3) is 0.222. The van der Waals surface area contributed by atoms with Crippen molar-refractivity contribution in [2.45, 2.75) is 6.92 Å². The van der Waals surface area contributed by atoms with E-state index in [1.54, 1.807) is 6.92 Å². The minimum absolute atomic E-state index is 0.0516. The highest BCUT2D eigenvalue weighted by Gasteiger charge is 2.12. The number of hydrogen-bond donors (Lipinski definition) is 0. The Labute approximate surface area is 89.0 Å². The van der Waals surface area contributed by atoms with Crippen LogP contribution in [-0.2, 0) is 0 Å². The molecule has 0 aromatic heterocycles. The number of carbonyl (C=O) groups is 1. The third-order valence-corrected chi connectivity index (χ3v) is 2.77. The van der Waals surface area contributed by atoms with E-state index in [1.807, 2.05) is 0 Å². The molecule has 0 heterocycles. The van der Waals surface area contributed by atoms with Crippen molar-refractivity contribution in [3.05, 3.63) is 33.5 Å². The fourth-order valence-electron chi connectivity index (χ4n) is 0.943. The smallest absolute Gasteiger partial charge is 0.180 e. The molecular formula is C9H7BrClFO. The summed E-state index contributed by atoms with van der Waals surface area (Å²) in [4.78, 5) is 11.1. The molecule has 0 fully saturated rings. The highest BCUT2D eigenvalue weighted by molar-refractivity contribution is 9.10. The summed E-state index contributed by atoms with van der Waals surface area (Å²) in [6, 6.07) is 2.76. The molecule has 4 heteroatoms. The van der Waals surface area contributed by atoms with Gasteiger partial charge in [0, 0.05) is 4.47 Å². The molecule has 13 heavy (non-hydrogen) atoms. The zero-order valence-corrected chi connectivity index (χ0v) is 9.25. The van der Waals surface area contributed by atoms with Crippen LogP contribution in [0.3, 0.4) is 0 Å². The van der Waals surface area contributed by atoms with E-state index in [1.165, 1.54) is 12.1 Å². The Morgan fingerprint density at radius 2 is 2.23 bits per heavy atom. The lowest BCUT2D eigenvalue weighted by Crippen LogP contribution is -2.04. The number of benzene rings is 1. The molecule has 0 radical (unpaired) electrons. The molecule has 70 valence electrons. The molecule has 0 aliphatic heterocycles. The summed E-state index contributed by atoms with van der Waals surface area (Å²) in [5, 5.41) is 0. The number of halogens is 3. The van der Waals surface area contributed by atoms with Crippen LogP contribution < -0.4 is 0 Å². The Bertz CT molecular complexity index is 352. The first kappa shape index (κ1) is 10.7. The Kier molecular flexibility index (Phi) is 3.45. The first-order valence-corrected chi connectivity index (χ1v) is 4.94. The summed E-state index contributed by atoms with van der Waals surface area (Å²) in [6.45, 7) is 1.79. The predicted octanol–water partition coefficient (Wildman–Crippen LogP) is 3.32. The molecule has 0 unspecified atom stereocenters. The molecule has 0 N–H and O–H groups in total. The Morgan fingerprint density at radius 1 is 1.62 bits per heavy atom. The molecule has 1 aromatic rings. The number of rotatable bonds is 2. The highest BCUT2D eigenvalue weighted by Crippen LogP contribution is 2.20. The Balaban J connectivity index is 3.23. The average Bonchev–Trinajstić information content (AvgIpc) is 2.10. The van der Waals surface area contributed by atoms with E-state index in [2.05, 4.69) is 15.9 Å². The van der Waals surface area contributed by atoms with Crippen LogP contribution in [0.5, 0.6) is 0 Å². The first-order chi connectivity index (χ1) is 6.06. The fourth-order valence-corrected chi connectivity index (χ4v) is 1.40. The average molecular weight is 266 g/mol. The van der Waals surface area contributed by atoms with Crippen LogP contribution in [0.1, 0.15) is 15.9 Å². The summed E-state index contributed by atoms with van der Waals surface area (Å²) in [7, 11) is 0. The molecule has 0 atom stereocenters. The lowest BCUT2D eigenvalue weighted by molar-refractivity contribution is 0.101. The van der Waals surface area contributed by atoms with E-state index in [-0.39, 0.29) is 11.4 Å². The molecule has 1 aromatic carbocycles. The quantitative estimate of drug-likeness (QED) is 0.592. The minimum Gasteiger partial charge on any atom is -0.293 e. The molecule has 0 saturated heterocycles. The second kappa shape index (κ2) is 4.20. The molecule has 0 bridgehead atoms. The van der Waals surface area contributed by atoms with Crippen LogP contribution in [0.2, 0.25) is 0 Å². The molecule has 1 rings (SSSR count). The van der Waals surface area contributed by atoms with Gasteiger partial charge < -0.3 is 0 Å². The number of Topliss-reactive ketones (excluding diaryl/α,β-unsaturated/α-hetero) is 1. The number of ketones is 1. The van der Waals surface area contributed by atoms with Gasteiger partial charge in [-0.15, -0.1) is 11.6 Å². The molecule has 0 saturated carbocycles. The SMILES string of the molecule is Cc1cc(C(=O)CCl)c(F)cc1Br. The zero-order chi connectivity index (χ0) is 10.0. The molecule has 1 nitrogen and oxygen atoms in total. The zero-order valence-electron chi connectivity index (χ0n) is 6.90. The molecule has 0 amide bonds. The second-order valence-corrected chi connectivity index (χ2v) is 3.76. The summed E-state index contributed by atoms with van der Waals surface area (Å²) in [5.41, 5.74) is 0.866. The van der Waals surface area contributed by atoms with Crippen LogP contribution in [0.15, 0.2) is 16.6 Å². The summed E-state index contributed by atoms with van der Waals surface area (Å²) >= 11 is 8.49. The van der Waals surface area contributed by atoms with Crippen molar-refractivity contribution >= 4 is 33.3 Å². The van der Waals surface area contributed by atoms with E-state index in [0.717, 1.165) is 5.56 Å². The van der Waals surface area contributed by atoms with Crippen molar-refractivity contribution in [3.63, 3.8) is 0 Å². The van der Waals surface area contributed by atoms with E-state index >= 15 is 0 Å². The van der Waals surface area contributed by atoms with E-state index in [9.17, 15) is 9.18 Å². The third-order valence-electron chi connectivity index (χ3n) is 1.67. The van der Waals surface area contributed by atoms with Gasteiger partial charge in [-0.2, -0.15) is 0 Å². The Morgan fingerprint density at radius 3 is 2.77 bits per heavy atom. The van der Waals surface area contributed by atoms with Gasteiger partial charge in [0.1, 0.15) is 5.82 Å². The van der Waals surface area contributed by atoms with Crippen molar-refractivity contribution in [1.82, 2.24) is 0 Å². The molecular weight excluding hydrogens is 258 g/mol. The van der Waals surface area contributed by atoms with Crippen molar-refractivity contribution in [2.75, 3.05) is 5.88 Å². The van der Waals surface area contributed by atoms with Gasteiger partial charge in [-0.05, 0) is 24.6 Å². The second-order valence-electron chi connectivity index (χ2n) is 2.64. The first-order valence-electron chi connectivity index (χ1n) is 3.61. The monoisotopic (exact) mass is 264 g/mol. The maximum Gasteiger partial charge on any atom is 0.180 e. The van der Waals surface area contributed by atoms with Gasteiger partial charge >= 0.3 is 0 Å². The van der Waals surface area contributed by atoms with Crippen LogP contribution >= 0.6 is 27.5 Å². The number of alkyl halides is 1. The number of hydrogen-bond acceptors (Lipinski definition) is 1. The van der Waals surface area contributed by atoms with Crippen LogP contribution in [0.4, 0.5) is 4.39 Å². The van der Waals surface area contributed by atoms with Gasteiger partial charge in [0.2, 0.25) is 0 Å². The largest absolute Gasteiger partial charge is 0.293 e. The van der Waals surface area contributed by atoms with Crippen molar-refractivity contribution in [1.29, 1.82) is 0 Å². The van der Waals surface area contributed by atoms with Crippen molar-refractivity contribution in [2.24, 2.45) is 0 Å². The standard InChI is InChI=1S/C9H7BrClFO/c1-5-2-6(9(13)4-11)8(12)3-7(5)10/h2-3H,4H2,1H3. The molecule has 0 aliphatic carbocycles. The summed E-state index contributed by atoms with van der Waals surface area (Å²) < 4.78 is 13.8. The highest BCUT2D eigenvalue weighted by atomic mass is 79.9. The topological polar surface area (TPSA) is 17.1 Å². The summed E-state index contributed by atoms with van der Waals surface area (Å²) in [6.07, 6.45) is 0. The predicted molar refractivity (Wildman–Crippen MR) is 53.9 cm³/mol. The van der Waals surface area contributed by atoms with E-state index in [0.29, 0.717) is 4.47 Å². The van der Waals surface area contributed by atoms with Crippen molar-refractivity contribution < 1.29 is 9.18 Å². The number of aryl methyl sites for hydroxylation is 1. The van der Waals surface area contributed by atoms with Crippen LogP contribution in [0.25, 0.3) is 0 Å². The van der Waals surface area contributed by atoms with Crippen LogP contribution in [-0.4, -0.2) is 11.7 Å². The Hall–Kier alpha value is -0.410. The van der Waals surface area contributed by atoms with Crippen molar-refractivity contribution in [3.8, 4) is 0 Å². The lowest BCUT2D eigenvalue weighted by atomic mass is 10.1. The van der Waals surface area contributed by atoms with Gasteiger partial charge in [0.05, 0.1) is 11.4 Å². The molecule has 0 aliphatic rings. The maximum absolute atomic E-state index is 13.2. The number of carbonyl (C=O) groups excluding carboxylic acids is 1. The van der Waals surface area contributed by atoms with Crippen LogP contribution in [0, 0.1) is 12.7 Å². The normalized spacial score (nSPS) is 10.2.